The average molecular weight is 242 g/mol. The maximum atomic E-state index is 11.4. The molecule has 1 saturated heterocycles. The molecular weight excluding hydrogens is 224 g/mol. The van der Waals surface area contributed by atoms with Crippen molar-refractivity contribution in [2.24, 2.45) is 0 Å². The van der Waals surface area contributed by atoms with Gasteiger partial charge in [0.1, 0.15) is 0 Å². The van der Waals surface area contributed by atoms with E-state index in [4.69, 9.17) is 0 Å². The fraction of sp³-hybridized carbons (Fsp3) is 0.727. The second-order valence-electron chi connectivity index (χ2n) is 5.52. The van der Waals surface area contributed by atoms with Crippen molar-refractivity contribution in [3.05, 3.63) is 18.0 Å². The van der Waals surface area contributed by atoms with Gasteiger partial charge in [0, 0.05) is 6.20 Å². The van der Waals surface area contributed by atoms with Gasteiger partial charge in [0.05, 0.1) is 23.7 Å². The highest BCUT2D eigenvalue weighted by Crippen LogP contribution is 2.26. The molecule has 0 spiro atoms. The molecule has 0 radical (unpaired) electrons. The summed E-state index contributed by atoms with van der Waals surface area (Å²) in [6.45, 7) is 6.37. The van der Waals surface area contributed by atoms with Crippen molar-refractivity contribution in [1.82, 2.24) is 9.78 Å². The smallest absolute Gasteiger partial charge is 0.152 e. The Morgan fingerprint density at radius 3 is 2.56 bits per heavy atom. The zero-order chi connectivity index (χ0) is 12.0. The van der Waals surface area contributed by atoms with Crippen LogP contribution in [0.5, 0.6) is 0 Å². The van der Waals surface area contributed by atoms with Crippen LogP contribution in [-0.4, -0.2) is 29.7 Å². The molecule has 0 aromatic carbocycles. The molecule has 0 saturated carbocycles. The second kappa shape index (κ2) is 3.58. The Labute approximate surface area is 96.6 Å². The van der Waals surface area contributed by atoms with Crippen LogP contribution < -0.4 is 0 Å². The molecule has 90 valence electrons. The number of hydrogen-bond acceptors (Lipinski definition) is 3. The van der Waals surface area contributed by atoms with Crippen molar-refractivity contribution in [3.63, 3.8) is 0 Å². The molecule has 2 rings (SSSR count). The van der Waals surface area contributed by atoms with Gasteiger partial charge >= 0.3 is 0 Å². The van der Waals surface area contributed by atoms with E-state index >= 15 is 0 Å². The van der Waals surface area contributed by atoms with E-state index in [1.807, 2.05) is 17.1 Å². The van der Waals surface area contributed by atoms with E-state index in [1.54, 1.807) is 0 Å². The Morgan fingerprint density at radius 1 is 1.44 bits per heavy atom. The molecule has 1 fully saturated rings. The lowest BCUT2D eigenvalue weighted by Crippen LogP contribution is -2.12. The van der Waals surface area contributed by atoms with Crippen molar-refractivity contribution in [3.8, 4) is 0 Å². The van der Waals surface area contributed by atoms with E-state index in [0.29, 0.717) is 12.2 Å². The summed E-state index contributed by atoms with van der Waals surface area (Å²) in [5.41, 5.74) is 1.22. The topological polar surface area (TPSA) is 52.0 Å². The van der Waals surface area contributed by atoms with Crippen LogP contribution in [0.3, 0.4) is 0 Å². The Balaban J connectivity index is 2.21. The van der Waals surface area contributed by atoms with Gasteiger partial charge in [0.25, 0.3) is 0 Å². The van der Waals surface area contributed by atoms with Crippen LogP contribution in [0.25, 0.3) is 0 Å². The maximum Gasteiger partial charge on any atom is 0.152 e. The number of rotatable bonds is 1. The van der Waals surface area contributed by atoms with Gasteiger partial charge in [-0.15, -0.1) is 0 Å². The highest BCUT2D eigenvalue weighted by molar-refractivity contribution is 7.91. The number of sulfone groups is 1. The first-order chi connectivity index (χ1) is 7.28. The molecule has 2 heterocycles. The van der Waals surface area contributed by atoms with Crippen molar-refractivity contribution in [1.29, 1.82) is 0 Å². The van der Waals surface area contributed by atoms with Gasteiger partial charge < -0.3 is 0 Å². The van der Waals surface area contributed by atoms with Gasteiger partial charge in [-0.25, -0.2) is 8.42 Å². The van der Waals surface area contributed by atoms with Crippen LogP contribution >= 0.6 is 0 Å². The van der Waals surface area contributed by atoms with Crippen LogP contribution in [0.4, 0.5) is 0 Å². The molecule has 1 aliphatic rings. The lowest BCUT2D eigenvalue weighted by Gasteiger charge is -2.15. The Bertz CT molecular complexity index is 482. The summed E-state index contributed by atoms with van der Waals surface area (Å²) >= 11 is 0. The Morgan fingerprint density at radius 2 is 2.12 bits per heavy atom. The third-order valence-corrected chi connectivity index (χ3v) is 4.80. The predicted molar refractivity (Wildman–Crippen MR) is 63.2 cm³/mol. The lowest BCUT2D eigenvalue weighted by atomic mass is 9.90. The first-order valence-corrected chi connectivity index (χ1v) is 7.35. The predicted octanol–water partition coefficient (Wildman–Crippen LogP) is 1.54. The summed E-state index contributed by atoms with van der Waals surface area (Å²) in [7, 11) is -2.83. The largest absolute Gasteiger partial charge is 0.268 e. The molecule has 1 atom stereocenters. The number of nitrogens with zero attached hydrogens (tertiary/aromatic N) is 2. The quantitative estimate of drug-likeness (QED) is 0.750. The minimum Gasteiger partial charge on any atom is -0.268 e. The van der Waals surface area contributed by atoms with Gasteiger partial charge in [-0.1, -0.05) is 20.8 Å². The number of hydrogen-bond donors (Lipinski definition) is 0. The van der Waals surface area contributed by atoms with E-state index in [1.165, 1.54) is 0 Å². The van der Waals surface area contributed by atoms with Crippen molar-refractivity contribution < 1.29 is 8.42 Å². The third-order valence-electron chi connectivity index (χ3n) is 3.05. The fourth-order valence-corrected chi connectivity index (χ4v) is 3.61. The standard InChI is InChI=1S/C11H18N2O2S/c1-11(2,3)9-6-12-13(7-9)10-4-5-16(14,15)8-10/h6-7,10H,4-5,8H2,1-3H3. The van der Waals surface area contributed by atoms with E-state index in [9.17, 15) is 8.42 Å². The summed E-state index contributed by atoms with van der Waals surface area (Å²) in [6.07, 6.45) is 4.50. The zero-order valence-corrected chi connectivity index (χ0v) is 10.8. The first kappa shape index (κ1) is 11.6. The van der Waals surface area contributed by atoms with Crippen molar-refractivity contribution in [2.45, 2.75) is 38.6 Å². The second-order valence-corrected chi connectivity index (χ2v) is 7.74. The summed E-state index contributed by atoms with van der Waals surface area (Å²) in [5, 5.41) is 4.28. The molecule has 0 aliphatic carbocycles. The highest BCUT2D eigenvalue weighted by atomic mass is 32.2. The average Bonchev–Trinajstić information content (AvgIpc) is 2.68. The van der Waals surface area contributed by atoms with Gasteiger partial charge in [-0.2, -0.15) is 5.10 Å². The van der Waals surface area contributed by atoms with Gasteiger partial charge in [0.15, 0.2) is 9.84 Å². The Kier molecular flexibility index (Phi) is 2.61. The fourth-order valence-electron chi connectivity index (χ4n) is 1.91. The summed E-state index contributed by atoms with van der Waals surface area (Å²) < 4.78 is 24.6. The van der Waals surface area contributed by atoms with Crippen LogP contribution in [0.1, 0.15) is 38.8 Å². The monoisotopic (exact) mass is 242 g/mol. The first-order valence-electron chi connectivity index (χ1n) is 5.53. The van der Waals surface area contributed by atoms with E-state index in [2.05, 4.69) is 25.9 Å². The van der Waals surface area contributed by atoms with Crippen molar-refractivity contribution >= 4 is 9.84 Å². The molecule has 0 bridgehead atoms. The van der Waals surface area contributed by atoms with E-state index in [0.717, 1.165) is 5.56 Å². The van der Waals surface area contributed by atoms with E-state index in [-0.39, 0.29) is 17.2 Å². The molecule has 1 aliphatic heterocycles. The summed E-state index contributed by atoms with van der Waals surface area (Å²) in [4.78, 5) is 0. The summed E-state index contributed by atoms with van der Waals surface area (Å²) in [5.74, 6) is 0.528. The molecule has 0 N–H and O–H groups in total. The Hall–Kier alpha value is -0.840. The normalized spacial score (nSPS) is 24.8. The van der Waals surface area contributed by atoms with Gasteiger partial charge in [-0.05, 0) is 17.4 Å². The van der Waals surface area contributed by atoms with Crippen LogP contribution in [0.2, 0.25) is 0 Å². The molecule has 16 heavy (non-hydrogen) atoms. The number of aromatic nitrogens is 2. The highest BCUT2D eigenvalue weighted by Gasteiger charge is 2.30. The SMILES string of the molecule is CC(C)(C)c1cnn(C2CCS(=O)(=O)C2)c1. The molecule has 4 nitrogen and oxygen atoms in total. The maximum absolute atomic E-state index is 11.4. The molecule has 1 aromatic heterocycles. The van der Waals surface area contributed by atoms with E-state index < -0.39 is 9.84 Å². The molecule has 1 aromatic rings. The molecular formula is C11H18N2O2S. The van der Waals surface area contributed by atoms with Crippen molar-refractivity contribution in [2.75, 3.05) is 11.5 Å². The van der Waals surface area contributed by atoms with Crippen LogP contribution in [-0.2, 0) is 15.3 Å². The molecule has 1 unspecified atom stereocenters. The minimum absolute atomic E-state index is 0.0288. The van der Waals surface area contributed by atoms with Gasteiger partial charge in [0.2, 0.25) is 0 Å². The molecule has 0 amide bonds. The summed E-state index contributed by atoms with van der Waals surface area (Å²) in [6, 6.07) is 0.0288. The minimum atomic E-state index is -2.83. The lowest BCUT2D eigenvalue weighted by molar-refractivity contribution is 0.497. The third kappa shape index (κ3) is 2.29. The molecule has 5 heteroatoms. The van der Waals surface area contributed by atoms with Gasteiger partial charge in [-0.3, -0.25) is 4.68 Å². The van der Waals surface area contributed by atoms with Crippen LogP contribution in [0, 0.1) is 0 Å². The zero-order valence-electron chi connectivity index (χ0n) is 9.97. The van der Waals surface area contributed by atoms with Crippen LogP contribution in [0.15, 0.2) is 12.4 Å².